The van der Waals surface area contributed by atoms with Crippen LogP contribution in [0.4, 0.5) is 5.82 Å². The molecule has 0 bridgehead atoms. The lowest BCUT2D eigenvalue weighted by Crippen LogP contribution is -2.16. The summed E-state index contributed by atoms with van der Waals surface area (Å²) in [5.74, 6) is 1.38. The van der Waals surface area contributed by atoms with E-state index in [2.05, 4.69) is 56.3 Å². The van der Waals surface area contributed by atoms with Crippen LogP contribution in [-0.2, 0) is 5.41 Å². The lowest BCUT2D eigenvalue weighted by atomic mass is 9.87. The first-order valence-corrected chi connectivity index (χ1v) is 12.1. The second-order valence-corrected chi connectivity index (χ2v) is 10.7. The van der Waals surface area contributed by atoms with Crippen LogP contribution in [0.25, 0.3) is 15.3 Å². The van der Waals surface area contributed by atoms with E-state index in [0.717, 1.165) is 31.7 Å². The zero-order chi connectivity index (χ0) is 22.2. The van der Waals surface area contributed by atoms with Gasteiger partial charge in [0.25, 0.3) is 5.91 Å². The summed E-state index contributed by atoms with van der Waals surface area (Å²) in [6.07, 6.45) is 0. The predicted molar refractivity (Wildman–Crippen MR) is 131 cm³/mol. The number of carbonyl (C=O) groups is 1. The molecule has 5 nitrogen and oxygen atoms in total. The maximum atomic E-state index is 13.0. The van der Waals surface area contributed by atoms with Gasteiger partial charge in [-0.25, -0.2) is 4.98 Å². The number of thiazole rings is 1. The van der Waals surface area contributed by atoms with E-state index in [1.165, 1.54) is 5.56 Å². The highest BCUT2D eigenvalue weighted by atomic mass is 32.2. The van der Waals surface area contributed by atoms with E-state index < -0.39 is 0 Å². The van der Waals surface area contributed by atoms with Crippen LogP contribution in [0.15, 0.2) is 53.4 Å². The number of thioether (sulfide) groups is 1. The third-order valence-corrected chi connectivity index (χ3v) is 6.88. The van der Waals surface area contributed by atoms with Crippen molar-refractivity contribution in [1.82, 2.24) is 14.8 Å². The molecule has 0 atom stereocenters. The first-order valence-electron chi connectivity index (χ1n) is 10.3. The number of nitrogens with zero attached hydrogens (tertiary/aromatic N) is 3. The van der Waals surface area contributed by atoms with Gasteiger partial charge in [0, 0.05) is 11.0 Å². The molecule has 0 aliphatic rings. The molecule has 4 aromatic rings. The molecule has 0 saturated heterocycles. The molecule has 2 heterocycles. The van der Waals surface area contributed by atoms with Gasteiger partial charge >= 0.3 is 0 Å². The topological polar surface area (TPSA) is 59.8 Å². The Bertz CT molecular complexity index is 1250. The average Bonchev–Trinajstić information content (AvgIpc) is 3.30. The quantitative estimate of drug-likeness (QED) is 0.355. The van der Waals surface area contributed by atoms with Crippen molar-refractivity contribution >= 4 is 45.0 Å². The van der Waals surface area contributed by atoms with Crippen molar-refractivity contribution in [2.24, 2.45) is 0 Å². The molecule has 0 unspecified atom stereocenters. The minimum Gasteiger partial charge on any atom is -0.306 e. The number of benzene rings is 2. The minimum absolute atomic E-state index is 0.0731. The van der Waals surface area contributed by atoms with Gasteiger partial charge in [-0.15, -0.1) is 11.8 Å². The van der Waals surface area contributed by atoms with Gasteiger partial charge in [-0.2, -0.15) is 9.78 Å². The molecule has 160 valence electrons. The van der Waals surface area contributed by atoms with Gasteiger partial charge in [0.1, 0.15) is 5.82 Å². The van der Waals surface area contributed by atoms with Crippen molar-refractivity contribution < 1.29 is 4.79 Å². The number of nitrogens with one attached hydrogen (secondary N) is 1. The number of anilines is 1. The average molecular weight is 451 g/mol. The van der Waals surface area contributed by atoms with Gasteiger partial charge in [0.05, 0.1) is 21.5 Å². The van der Waals surface area contributed by atoms with Crippen LogP contribution in [0.1, 0.15) is 49.3 Å². The van der Waals surface area contributed by atoms with Gasteiger partial charge in [0.2, 0.25) is 5.13 Å². The van der Waals surface area contributed by atoms with Crippen LogP contribution in [0.3, 0.4) is 0 Å². The molecule has 31 heavy (non-hydrogen) atoms. The Morgan fingerprint density at radius 1 is 1.16 bits per heavy atom. The maximum Gasteiger partial charge on any atom is 0.257 e. The Hall–Kier alpha value is -2.64. The van der Waals surface area contributed by atoms with Crippen molar-refractivity contribution in [3.8, 4) is 5.13 Å². The van der Waals surface area contributed by atoms with E-state index in [0.29, 0.717) is 11.4 Å². The molecule has 0 radical (unpaired) electrons. The van der Waals surface area contributed by atoms with Crippen LogP contribution in [0.2, 0.25) is 0 Å². The molecule has 4 rings (SSSR count). The third kappa shape index (κ3) is 4.52. The highest BCUT2D eigenvalue weighted by Gasteiger charge is 2.19. The van der Waals surface area contributed by atoms with Crippen molar-refractivity contribution in [2.75, 3.05) is 11.1 Å². The van der Waals surface area contributed by atoms with E-state index in [9.17, 15) is 4.79 Å². The second-order valence-electron chi connectivity index (χ2n) is 8.40. The normalized spacial score (nSPS) is 11.8. The van der Waals surface area contributed by atoms with Gasteiger partial charge in [-0.3, -0.25) is 4.79 Å². The molecule has 0 aliphatic carbocycles. The number of carbonyl (C=O) groups excluding carboxylic acids is 1. The lowest BCUT2D eigenvalue weighted by Gasteiger charge is -2.18. The number of amides is 1. The lowest BCUT2D eigenvalue weighted by molar-refractivity contribution is 0.102. The summed E-state index contributed by atoms with van der Waals surface area (Å²) in [6.45, 7) is 10.6. The van der Waals surface area contributed by atoms with Crippen molar-refractivity contribution in [3.63, 3.8) is 0 Å². The van der Waals surface area contributed by atoms with Crippen molar-refractivity contribution in [2.45, 2.75) is 44.9 Å². The fourth-order valence-corrected chi connectivity index (χ4v) is 5.10. The van der Waals surface area contributed by atoms with Crippen LogP contribution in [0, 0.1) is 6.92 Å². The molecule has 1 amide bonds. The molecule has 0 spiro atoms. The number of aromatic nitrogens is 3. The summed E-state index contributed by atoms with van der Waals surface area (Å²) in [6, 6.07) is 15.9. The number of rotatable bonds is 5. The predicted octanol–water partition coefficient (Wildman–Crippen LogP) is 6.45. The summed E-state index contributed by atoms with van der Waals surface area (Å²) < 4.78 is 2.84. The first-order chi connectivity index (χ1) is 14.8. The van der Waals surface area contributed by atoms with Gasteiger partial charge in [-0.1, -0.05) is 57.2 Å². The van der Waals surface area contributed by atoms with Crippen LogP contribution in [0.5, 0.6) is 0 Å². The van der Waals surface area contributed by atoms with E-state index >= 15 is 0 Å². The zero-order valence-electron chi connectivity index (χ0n) is 18.4. The molecule has 1 N–H and O–H groups in total. The summed E-state index contributed by atoms with van der Waals surface area (Å²) in [5.41, 5.74) is 3.76. The number of hydrogen-bond acceptors (Lipinski definition) is 5. The third-order valence-electron chi connectivity index (χ3n) is 4.93. The van der Waals surface area contributed by atoms with Gasteiger partial charge < -0.3 is 5.32 Å². The van der Waals surface area contributed by atoms with E-state index in [-0.39, 0.29) is 11.3 Å². The number of fused-ring (bicyclic) bond motifs is 1. The van der Waals surface area contributed by atoms with Gasteiger partial charge in [0.15, 0.2) is 0 Å². The molecule has 2 aromatic heterocycles. The Morgan fingerprint density at radius 2 is 1.94 bits per heavy atom. The Balaban J connectivity index is 1.69. The fraction of sp³-hybridized carbons (Fsp3) is 0.292. The summed E-state index contributed by atoms with van der Waals surface area (Å²) in [4.78, 5) is 18.8. The standard InChI is InChI=1S/C24H26N4OS2/c1-6-30-19-10-8-7-9-17(19)22(29)26-21-13-15(2)27-28(21)23-25-18-12-11-16(24(3,4)5)14-20(18)31-23/h7-14H,6H2,1-5H3,(H,26,29). The zero-order valence-corrected chi connectivity index (χ0v) is 20.0. The highest BCUT2D eigenvalue weighted by molar-refractivity contribution is 7.99. The van der Waals surface area contributed by atoms with Crippen molar-refractivity contribution in [1.29, 1.82) is 0 Å². The minimum atomic E-state index is -0.145. The molecular formula is C24H26N4OS2. The summed E-state index contributed by atoms with van der Waals surface area (Å²) in [7, 11) is 0. The molecule has 0 fully saturated rings. The van der Waals surface area contributed by atoms with Crippen LogP contribution >= 0.6 is 23.1 Å². The number of aryl methyl sites for hydroxylation is 1. The summed E-state index contributed by atoms with van der Waals surface area (Å²) in [5, 5.41) is 8.37. The van der Waals surface area contributed by atoms with Gasteiger partial charge in [-0.05, 0) is 47.9 Å². The highest BCUT2D eigenvalue weighted by Crippen LogP contribution is 2.32. The Labute approximate surface area is 190 Å². The second kappa shape index (κ2) is 8.48. The van der Waals surface area contributed by atoms with Crippen LogP contribution < -0.4 is 5.32 Å². The van der Waals surface area contributed by atoms with E-state index in [1.807, 2.05) is 37.3 Å². The summed E-state index contributed by atoms with van der Waals surface area (Å²) >= 11 is 3.24. The first kappa shape index (κ1) is 21.6. The molecule has 0 aliphatic heterocycles. The smallest absolute Gasteiger partial charge is 0.257 e. The monoisotopic (exact) mass is 450 g/mol. The largest absolute Gasteiger partial charge is 0.306 e. The number of hydrogen-bond donors (Lipinski definition) is 1. The molecular weight excluding hydrogens is 424 g/mol. The maximum absolute atomic E-state index is 13.0. The Morgan fingerprint density at radius 3 is 2.68 bits per heavy atom. The molecule has 2 aromatic carbocycles. The Kier molecular flexibility index (Phi) is 5.90. The fourth-order valence-electron chi connectivity index (χ4n) is 3.32. The van der Waals surface area contributed by atoms with E-state index in [1.54, 1.807) is 27.8 Å². The molecule has 7 heteroatoms. The van der Waals surface area contributed by atoms with E-state index in [4.69, 9.17) is 4.98 Å². The van der Waals surface area contributed by atoms with Crippen LogP contribution in [-0.4, -0.2) is 26.4 Å². The molecule has 0 saturated carbocycles. The van der Waals surface area contributed by atoms with Crippen molar-refractivity contribution in [3.05, 3.63) is 65.4 Å². The SMILES string of the molecule is CCSc1ccccc1C(=O)Nc1cc(C)nn1-c1nc2ccc(C(C)(C)C)cc2s1.